The zero-order valence-corrected chi connectivity index (χ0v) is 16.0. The molecule has 1 aliphatic rings. The highest BCUT2D eigenvalue weighted by Crippen LogP contribution is 2.45. The second-order valence-corrected chi connectivity index (χ2v) is 8.44. The van der Waals surface area contributed by atoms with Crippen LogP contribution in [0.25, 0.3) is 22.3 Å². The predicted molar refractivity (Wildman–Crippen MR) is 100 cm³/mol. The predicted octanol–water partition coefficient (Wildman–Crippen LogP) is 6.45. The average Bonchev–Trinajstić information content (AvgIpc) is 3.00. The largest absolute Gasteiger partial charge is 0.475 e. The molecule has 0 saturated carbocycles. The first-order chi connectivity index (χ1) is 12.8. The van der Waals surface area contributed by atoms with Crippen LogP contribution in [-0.4, -0.2) is 9.72 Å². The fourth-order valence-corrected chi connectivity index (χ4v) is 4.68. The van der Waals surface area contributed by atoms with Gasteiger partial charge in [0, 0.05) is 5.56 Å². The SMILES string of the molecule is O=S(c1ccc2c(c1-c1ccc(F)c(Br)c1)Cc1ccccc1-2)C(F)(F)F. The van der Waals surface area contributed by atoms with Crippen molar-refractivity contribution in [3.05, 3.63) is 76.0 Å². The zero-order valence-electron chi connectivity index (χ0n) is 13.6. The summed E-state index contributed by atoms with van der Waals surface area (Å²) >= 11 is 3.08. The number of fused-ring (bicyclic) bond motifs is 3. The highest BCUT2D eigenvalue weighted by atomic mass is 79.9. The van der Waals surface area contributed by atoms with Crippen molar-refractivity contribution in [1.29, 1.82) is 0 Å². The molecule has 1 nitrogen and oxygen atoms in total. The molecule has 0 fully saturated rings. The van der Waals surface area contributed by atoms with Crippen LogP contribution in [-0.2, 0) is 17.2 Å². The molecule has 0 amide bonds. The summed E-state index contributed by atoms with van der Waals surface area (Å²) in [6, 6.07) is 14.4. The van der Waals surface area contributed by atoms with Crippen molar-refractivity contribution in [2.75, 3.05) is 0 Å². The van der Waals surface area contributed by atoms with Crippen LogP contribution in [0.1, 0.15) is 11.1 Å². The quantitative estimate of drug-likeness (QED) is 0.318. The maximum atomic E-state index is 13.7. The lowest BCUT2D eigenvalue weighted by Gasteiger charge is -2.16. The summed E-state index contributed by atoms with van der Waals surface area (Å²) in [6.45, 7) is 0. The third-order valence-corrected chi connectivity index (χ3v) is 6.34. The summed E-state index contributed by atoms with van der Waals surface area (Å²) in [7, 11) is -3.19. The number of alkyl halides is 3. The molecule has 0 aliphatic heterocycles. The number of hydrogen-bond acceptors (Lipinski definition) is 1. The molecule has 27 heavy (non-hydrogen) atoms. The van der Waals surface area contributed by atoms with Gasteiger partial charge in [0.25, 0.3) is 0 Å². The summed E-state index contributed by atoms with van der Waals surface area (Å²) in [4.78, 5) is -0.312. The van der Waals surface area contributed by atoms with E-state index in [-0.39, 0.29) is 14.9 Å². The zero-order chi connectivity index (χ0) is 19.3. The van der Waals surface area contributed by atoms with E-state index in [4.69, 9.17) is 0 Å². The summed E-state index contributed by atoms with van der Waals surface area (Å²) in [6.07, 6.45) is 0.429. The van der Waals surface area contributed by atoms with Crippen molar-refractivity contribution in [2.45, 2.75) is 16.8 Å². The van der Waals surface area contributed by atoms with Crippen molar-refractivity contribution in [3.8, 4) is 22.3 Å². The number of benzene rings is 3. The van der Waals surface area contributed by atoms with Gasteiger partial charge >= 0.3 is 5.51 Å². The van der Waals surface area contributed by atoms with Gasteiger partial charge in [0.2, 0.25) is 0 Å². The summed E-state index contributed by atoms with van der Waals surface area (Å²) in [5.74, 6) is -0.520. The summed E-state index contributed by atoms with van der Waals surface area (Å²) in [5.41, 5.74) is -0.829. The Kier molecular flexibility index (Phi) is 4.47. The van der Waals surface area contributed by atoms with Crippen LogP contribution in [0.3, 0.4) is 0 Å². The van der Waals surface area contributed by atoms with Crippen molar-refractivity contribution < 1.29 is 21.8 Å². The molecule has 1 aliphatic carbocycles. The van der Waals surface area contributed by atoms with E-state index in [0.29, 0.717) is 17.5 Å². The minimum atomic E-state index is -4.88. The van der Waals surface area contributed by atoms with E-state index in [9.17, 15) is 21.8 Å². The molecule has 0 heterocycles. The van der Waals surface area contributed by atoms with Crippen molar-refractivity contribution >= 4 is 26.7 Å². The Morgan fingerprint density at radius 3 is 2.41 bits per heavy atom. The van der Waals surface area contributed by atoms with Crippen LogP contribution in [0.15, 0.2) is 64.0 Å². The highest BCUT2D eigenvalue weighted by molar-refractivity contribution is 9.10. The smallest absolute Gasteiger partial charge is 0.245 e. The van der Waals surface area contributed by atoms with Gasteiger partial charge in [-0.1, -0.05) is 36.4 Å². The molecule has 138 valence electrons. The van der Waals surface area contributed by atoms with Crippen molar-refractivity contribution in [1.82, 2.24) is 0 Å². The van der Waals surface area contributed by atoms with Crippen LogP contribution >= 0.6 is 15.9 Å². The Morgan fingerprint density at radius 2 is 1.70 bits per heavy atom. The van der Waals surface area contributed by atoms with Crippen LogP contribution < -0.4 is 0 Å². The Hall–Kier alpha value is -1.99. The first kappa shape index (κ1) is 18.4. The van der Waals surface area contributed by atoms with Gasteiger partial charge in [-0.15, -0.1) is 0 Å². The fourth-order valence-electron chi connectivity index (χ4n) is 3.44. The summed E-state index contributed by atoms with van der Waals surface area (Å²) < 4.78 is 65.6. The molecule has 3 aromatic carbocycles. The van der Waals surface area contributed by atoms with Gasteiger partial charge in [0.1, 0.15) is 5.82 Å². The van der Waals surface area contributed by atoms with E-state index in [2.05, 4.69) is 15.9 Å². The molecular formula is C20H11BrF4OS. The van der Waals surface area contributed by atoms with Gasteiger partial charge in [-0.3, -0.25) is 0 Å². The molecule has 1 atom stereocenters. The molecule has 7 heteroatoms. The van der Waals surface area contributed by atoms with Gasteiger partial charge in [-0.05, 0) is 68.4 Å². The van der Waals surface area contributed by atoms with Crippen LogP contribution in [0, 0.1) is 5.82 Å². The Bertz CT molecular complexity index is 1090. The normalized spacial score (nSPS) is 14.0. The molecule has 3 aromatic rings. The monoisotopic (exact) mass is 454 g/mol. The molecule has 0 spiro atoms. The number of hydrogen-bond donors (Lipinski definition) is 0. The third-order valence-electron chi connectivity index (χ3n) is 4.57. The highest BCUT2D eigenvalue weighted by Gasteiger charge is 2.40. The van der Waals surface area contributed by atoms with Crippen LogP contribution in [0.2, 0.25) is 0 Å². The molecule has 0 N–H and O–H groups in total. The molecular weight excluding hydrogens is 444 g/mol. The van der Waals surface area contributed by atoms with E-state index < -0.39 is 22.1 Å². The lowest BCUT2D eigenvalue weighted by molar-refractivity contribution is -0.0384. The van der Waals surface area contributed by atoms with Crippen molar-refractivity contribution in [3.63, 3.8) is 0 Å². The topological polar surface area (TPSA) is 17.1 Å². The molecule has 0 radical (unpaired) electrons. The molecule has 0 aromatic heterocycles. The van der Waals surface area contributed by atoms with Gasteiger partial charge in [0.05, 0.1) is 9.37 Å². The fraction of sp³-hybridized carbons (Fsp3) is 0.100. The lowest BCUT2D eigenvalue weighted by Crippen LogP contribution is -2.17. The standard InChI is InChI=1S/C20H11BrF4OS/c21-16-10-12(5-7-17(16)22)19-15-9-11-3-1-2-4-13(11)14(15)6-8-18(19)27(26)20(23,24)25/h1-8,10H,9H2. The maximum absolute atomic E-state index is 13.7. The minimum Gasteiger partial charge on any atom is -0.245 e. The maximum Gasteiger partial charge on any atom is 0.475 e. The first-order valence-corrected chi connectivity index (χ1v) is 9.90. The molecule has 0 bridgehead atoms. The number of halogens is 5. The number of rotatable bonds is 2. The molecule has 0 saturated heterocycles. The Balaban J connectivity index is 2.01. The van der Waals surface area contributed by atoms with Gasteiger partial charge in [-0.2, -0.15) is 13.2 Å². The van der Waals surface area contributed by atoms with E-state index in [0.717, 1.165) is 16.7 Å². The van der Waals surface area contributed by atoms with Crippen LogP contribution in [0.5, 0.6) is 0 Å². The van der Waals surface area contributed by atoms with E-state index in [1.54, 1.807) is 6.07 Å². The van der Waals surface area contributed by atoms with Gasteiger partial charge < -0.3 is 0 Å². The second-order valence-electron chi connectivity index (χ2n) is 6.14. The Morgan fingerprint density at radius 1 is 0.963 bits per heavy atom. The van der Waals surface area contributed by atoms with Crippen LogP contribution in [0.4, 0.5) is 17.6 Å². The minimum absolute atomic E-state index is 0.136. The molecule has 1 unspecified atom stereocenters. The molecule has 4 rings (SSSR count). The lowest BCUT2D eigenvalue weighted by atomic mass is 9.95. The van der Waals surface area contributed by atoms with Gasteiger partial charge in [-0.25, -0.2) is 8.60 Å². The average molecular weight is 455 g/mol. The summed E-state index contributed by atoms with van der Waals surface area (Å²) in [5, 5.41) is 0. The van der Waals surface area contributed by atoms with E-state index >= 15 is 0 Å². The Labute approximate surface area is 163 Å². The second kappa shape index (κ2) is 6.56. The first-order valence-electron chi connectivity index (χ1n) is 7.95. The van der Waals surface area contributed by atoms with E-state index in [1.165, 1.54) is 24.3 Å². The van der Waals surface area contributed by atoms with E-state index in [1.807, 2.05) is 24.3 Å². The van der Waals surface area contributed by atoms with Gasteiger partial charge in [0.15, 0.2) is 10.8 Å². The van der Waals surface area contributed by atoms with Crippen molar-refractivity contribution in [2.24, 2.45) is 0 Å². The third kappa shape index (κ3) is 3.12.